The minimum absolute atomic E-state index is 0.0435. The highest BCUT2D eigenvalue weighted by Crippen LogP contribution is 2.32. The number of nitrogens with two attached hydrogens (primary N) is 1. The van der Waals surface area contributed by atoms with Crippen molar-refractivity contribution in [3.63, 3.8) is 0 Å². The Morgan fingerprint density at radius 2 is 1.96 bits per heavy atom. The van der Waals surface area contributed by atoms with Gasteiger partial charge in [0.1, 0.15) is 11.6 Å². The monoisotopic (exact) mass is 408 g/mol. The zero-order valence-corrected chi connectivity index (χ0v) is 14.5. The van der Waals surface area contributed by atoms with Crippen LogP contribution in [0.3, 0.4) is 0 Å². The molecule has 1 aromatic heterocycles. The number of carbonyl (C=O) groups excluding carboxylic acids is 1. The largest absolute Gasteiger partial charge is 0.451 e. The van der Waals surface area contributed by atoms with Gasteiger partial charge in [0.2, 0.25) is 0 Å². The molecule has 24 heavy (non-hydrogen) atoms. The van der Waals surface area contributed by atoms with Crippen molar-refractivity contribution in [3.8, 4) is 11.3 Å². The second-order valence-corrected chi connectivity index (χ2v) is 6.27. The van der Waals surface area contributed by atoms with Crippen LogP contribution in [0.25, 0.3) is 11.3 Å². The molecule has 3 rings (SSSR count). The van der Waals surface area contributed by atoms with Crippen LogP contribution in [0.15, 0.2) is 57.4 Å². The highest BCUT2D eigenvalue weighted by atomic mass is 79.9. The third-order valence-electron chi connectivity index (χ3n) is 3.28. The number of nitrogen functional groups attached to an aromatic ring is 1. The Morgan fingerprint density at radius 1 is 1.17 bits per heavy atom. The molecule has 3 N–H and O–H groups in total. The first-order valence-corrected chi connectivity index (χ1v) is 8.03. The summed E-state index contributed by atoms with van der Waals surface area (Å²) < 4.78 is 19.5. The predicted molar refractivity (Wildman–Crippen MR) is 95.6 cm³/mol. The van der Waals surface area contributed by atoms with E-state index >= 15 is 0 Å². The van der Waals surface area contributed by atoms with Crippen molar-refractivity contribution in [1.29, 1.82) is 0 Å². The van der Waals surface area contributed by atoms with E-state index in [1.54, 1.807) is 30.3 Å². The summed E-state index contributed by atoms with van der Waals surface area (Å²) in [5.41, 5.74) is 6.58. The van der Waals surface area contributed by atoms with Gasteiger partial charge in [0, 0.05) is 20.7 Å². The molecule has 4 nitrogen and oxygen atoms in total. The summed E-state index contributed by atoms with van der Waals surface area (Å²) in [6.45, 7) is 0. The van der Waals surface area contributed by atoms with E-state index in [9.17, 15) is 9.18 Å². The normalized spacial score (nSPS) is 10.6. The van der Waals surface area contributed by atoms with Gasteiger partial charge < -0.3 is 15.5 Å². The van der Waals surface area contributed by atoms with Crippen LogP contribution in [0.5, 0.6) is 0 Å². The van der Waals surface area contributed by atoms with Gasteiger partial charge in [-0.3, -0.25) is 4.79 Å². The molecule has 0 radical (unpaired) electrons. The van der Waals surface area contributed by atoms with Crippen LogP contribution in [0.2, 0.25) is 5.02 Å². The lowest BCUT2D eigenvalue weighted by atomic mass is 10.2. The van der Waals surface area contributed by atoms with E-state index in [2.05, 4.69) is 21.2 Å². The van der Waals surface area contributed by atoms with Gasteiger partial charge >= 0.3 is 0 Å². The Kier molecular flexibility index (Phi) is 4.59. The second-order valence-electron chi connectivity index (χ2n) is 4.98. The topological polar surface area (TPSA) is 68.3 Å². The molecule has 0 saturated carbocycles. The molecule has 2 aromatic carbocycles. The Balaban J connectivity index is 1.82. The number of hydrogen-bond acceptors (Lipinski definition) is 3. The number of rotatable bonds is 3. The molecule has 0 aliphatic rings. The minimum Gasteiger partial charge on any atom is -0.451 e. The molecular formula is C17H11BrClFN2O2. The van der Waals surface area contributed by atoms with Crippen molar-refractivity contribution >= 4 is 44.8 Å². The van der Waals surface area contributed by atoms with Crippen molar-refractivity contribution < 1.29 is 13.6 Å². The molecule has 7 heteroatoms. The first-order chi connectivity index (χ1) is 11.4. The standard InChI is InChI=1S/C17H11BrClFN2O2/c18-12-7-9(19)1-3-11(12)15-5-6-16(24-15)17(23)22-10-2-4-13(20)14(21)8-10/h1-8H,21H2,(H,22,23). The third-order valence-corrected chi connectivity index (χ3v) is 4.17. The SMILES string of the molecule is Nc1cc(NC(=O)c2ccc(-c3ccc(Cl)cc3Br)o2)ccc1F. The second kappa shape index (κ2) is 6.67. The van der Waals surface area contributed by atoms with Crippen molar-refractivity contribution in [3.05, 3.63) is 69.6 Å². The van der Waals surface area contributed by atoms with E-state index < -0.39 is 11.7 Å². The number of nitrogens with one attached hydrogen (secondary N) is 1. The van der Waals surface area contributed by atoms with Gasteiger partial charge in [-0.2, -0.15) is 0 Å². The Bertz CT molecular complexity index is 927. The summed E-state index contributed by atoms with van der Waals surface area (Å²) in [4.78, 5) is 12.2. The van der Waals surface area contributed by atoms with Gasteiger partial charge in [0.05, 0.1) is 5.69 Å². The van der Waals surface area contributed by atoms with E-state index in [1.807, 2.05) is 0 Å². The van der Waals surface area contributed by atoms with Crippen molar-refractivity contribution in [2.75, 3.05) is 11.1 Å². The van der Waals surface area contributed by atoms with Crippen molar-refractivity contribution in [2.45, 2.75) is 0 Å². The van der Waals surface area contributed by atoms with E-state index in [-0.39, 0.29) is 11.4 Å². The molecule has 0 fully saturated rings. The van der Waals surface area contributed by atoms with Gasteiger partial charge in [0.15, 0.2) is 5.76 Å². The quantitative estimate of drug-likeness (QED) is 0.574. The number of benzene rings is 2. The number of carbonyl (C=O) groups is 1. The molecule has 0 bridgehead atoms. The fourth-order valence-electron chi connectivity index (χ4n) is 2.11. The van der Waals surface area contributed by atoms with Gasteiger partial charge in [-0.1, -0.05) is 11.6 Å². The van der Waals surface area contributed by atoms with Crippen LogP contribution in [0.4, 0.5) is 15.8 Å². The predicted octanol–water partition coefficient (Wildman–Crippen LogP) is 5.34. The molecule has 0 unspecified atom stereocenters. The Labute approximate surface area is 150 Å². The molecule has 122 valence electrons. The van der Waals surface area contributed by atoms with Gasteiger partial charge in [-0.15, -0.1) is 0 Å². The van der Waals surface area contributed by atoms with E-state index in [4.69, 9.17) is 21.8 Å². The van der Waals surface area contributed by atoms with Crippen LogP contribution < -0.4 is 11.1 Å². The van der Waals surface area contributed by atoms with Crippen LogP contribution in [-0.2, 0) is 0 Å². The van der Waals surface area contributed by atoms with Gasteiger partial charge in [0.25, 0.3) is 5.91 Å². The third kappa shape index (κ3) is 3.44. The van der Waals surface area contributed by atoms with Crippen LogP contribution >= 0.6 is 27.5 Å². The first-order valence-electron chi connectivity index (χ1n) is 6.85. The smallest absolute Gasteiger partial charge is 0.291 e. The van der Waals surface area contributed by atoms with Gasteiger partial charge in [-0.05, 0) is 64.5 Å². The summed E-state index contributed by atoms with van der Waals surface area (Å²) in [5.74, 6) is -0.365. The summed E-state index contributed by atoms with van der Waals surface area (Å²) in [7, 11) is 0. The summed E-state index contributed by atoms with van der Waals surface area (Å²) >= 11 is 9.32. The zero-order chi connectivity index (χ0) is 17.3. The van der Waals surface area contributed by atoms with Gasteiger partial charge in [-0.25, -0.2) is 4.39 Å². The number of anilines is 2. The molecule has 1 amide bonds. The fourth-order valence-corrected chi connectivity index (χ4v) is 2.99. The summed E-state index contributed by atoms with van der Waals surface area (Å²) in [6, 6.07) is 12.4. The summed E-state index contributed by atoms with van der Waals surface area (Å²) in [5, 5.41) is 3.19. The highest BCUT2D eigenvalue weighted by molar-refractivity contribution is 9.10. The highest BCUT2D eigenvalue weighted by Gasteiger charge is 2.14. The van der Waals surface area contributed by atoms with E-state index in [0.717, 1.165) is 10.0 Å². The number of halogens is 3. The van der Waals surface area contributed by atoms with Crippen LogP contribution in [0.1, 0.15) is 10.6 Å². The number of amides is 1. The molecule has 0 aliphatic carbocycles. The molecule has 1 heterocycles. The molecule has 0 atom stereocenters. The molecular weight excluding hydrogens is 399 g/mol. The van der Waals surface area contributed by atoms with E-state index in [1.165, 1.54) is 18.2 Å². The average molecular weight is 410 g/mol. The average Bonchev–Trinajstić information content (AvgIpc) is 3.01. The van der Waals surface area contributed by atoms with Crippen LogP contribution in [0, 0.1) is 5.82 Å². The molecule has 0 saturated heterocycles. The Morgan fingerprint density at radius 3 is 2.67 bits per heavy atom. The maximum atomic E-state index is 13.1. The van der Waals surface area contributed by atoms with Crippen LogP contribution in [-0.4, -0.2) is 5.91 Å². The van der Waals surface area contributed by atoms with E-state index in [0.29, 0.717) is 16.5 Å². The number of furan rings is 1. The fraction of sp³-hybridized carbons (Fsp3) is 0. The number of hydrogen-bond donors (Lipinski definition) is 2. The first kappa shape index (κ1) is 16.5. The maximum absolute atomic E-state index is 13.1. The lowest BCUT2D eigenvalue weighted by molar-refractivity contribution is 0.0997. The Hall–Kier alpha value is -2.31. The zero-order valence-electron chi connectivity index (χ0n) is 12.1. The van der Waals surface area contributed by atoms with Crippen molar-refractivity contribution in [2.24, 2.45) is 0 Å². The lowest BCUT2D eigenvalue weighted by Gasteiger charge is -2.05. The van der Waals surface area contributed by atoms with Crippen molar-refractivity contribution in [1.82, 2.24) is 0 Å². The molecule has 0 spiro atoms. The lowest BCUT2D eigenvalue weighted by Crippen LogP contribution is -2.11. The molecule has 0 aliphatic heterocycles. The summed E-state index contributed by atoms with van der Waals surface area (Å²) in [6.07, 6.45) is 0. The molecule has 3 aromatic rings. The minimum atomic E-state index is -0.541. The maximum Gasteiger partial charge on any atom is 0.291 e.